The Kier molecular flexibility index (Phi) is 7.03. The third-order valence-corrected chi connectivity index (χ3v) is 5.40. The summed E-state index contributed by atoms with van der Waals surface area (Å²) in [4.78, 5) is 16.1. The number of carbonyl (C=O) groups is 1. The molecule has 0 unspecified atom stereocenters. The SMILES string of the molecule is CS(=O)(=O)N(Cc1ccccc1)c1ccc(OCC(=O)NCc2ccccn2)cc1. The summed E-state index contributed by atoms with van der Waals surface area (Å²) >= 11 is 0. The molecule has 0 bridgehead atoms. The Hall–Kier alpha value is -3.39. The topological polar surface area (TPSA) is 88.6 Å². The fourth-order valence-corrected chi connectivity index (χ4v) is 3.64. The van der Waals surface area contributed by atoms with E-state index in [1.54, 1.807) is 30.5 Å². The molecule has 0 saturated carbocycles. The van der Waals surface area contributed by atoms with E-state index >= 15 is 0 Å². The highest BCUT2D eigenvalue weighted by atomic mass is 32.2. The molecule has 1 N–H and O–H groups in total. The molecule has 1 heterocycles. The molecule has 1 aromatic heterocycles. The van der Waals surface area contributed by atoms with Gasteiger partial charge in [-0.15, -0.1) is 0 Å². The highest BCUT2D eigenvalue weighted by Crippen LogP contribution is 2.23. The average molecular weight is 426 g/mol. The maximum Gasteiger partial charge on any atom is 0.258 e. The molecule has 0 radical (unpaired) electrons. The first kappa shape index (κ1) is 21.3. The van der Waals surface area contributed by atoms with Crippen LogP contribution in [0.4, 0.5) is 5.69 Å². The van der Waals surface area contributed by atoms with Crippen molar-refractivity contribution in [3.05, 3.63) is 90.3 Å². The lowest BCUT2D eigenvalue weighted by Crippen LogP contribution is -2.29. The van der Waals surface area contributed by atoms with Crippen LogP contribution >= 0.6 is 0 Å². The number of sulfonamides is 1. The van der Waals surface area contributed by atoms with Crippen LogP contribution < -0.4 is 14.4 Å². The standard InChI is InChI=1S/C22H23N3O4S/c1-30(27,28)25(16-18-7-3-2-4-8-18)20-10-12-21(13-11-20)29-17-22(26)24-15-19-9-5-6-14-23-19/h2-14H,15-17H2,1H3,(H,24,26). The number of carbonyl (C=O) groups excluding carboxylic acids is 1. The fourth-order valence-electron chi connectivity index (χ4n) is 2.75. The zero-order chi connectivity index (χ0) is 21.4. The van der Waals surface area contributed by atoms with E-state index in [0.717, 1.165) is 11.3 Å². The lowest BCUT2D eigenvalue weighted by Gasteiger charge is -2.22. The summed E-state index contributed by atoms with van der Waals surface area (Å²) in [5, 5.41) is 2.73. The predicted octanol–water partition coefficient (Wildman–Crippen LogP) is 2.74. The van der Waals surface area contributed by atoms with Crippen molar-refractivity contribution in [1.29, 1.82) is 0 Å². The minimum Gasteiger partial charge on any atom is -0.484 e. The van der Waals surface area contributed by atoms with Gasteiger partial charge in [-0.25, -0.2) is 8.42 Å². The molecule has 0 aliphatic carbocycles. The second-order valence-electron chi connectivity index (χ2n) is 6.64. The summed E-state index contributed by atoms with van der Waals surface area (Å²) in [6.07, 6.45) is 2.84. The molecule has 0 aliphatic heterocycles. The lowest BCUT2D eigenvalue weighted by atomic mass is 10.2. The third-order valence-electron chi connectivity index (χ3n) is 4.26. The van der Waals surface area contributed by atoms with Crippen molar-refractivity contribution in [1.82, 2.24) is 10.3 Å². The van der Waals surface area contributed by atoms with Crippen LogP contribution in [0.1, 0.15) is 11.3 Å². The van der Waals surface area contributed by atoms with Gasteiger partial charge in [-0.2, -0.15) is 0 Å². The average Bonchev–Trinajstić information content (AvgIpc) is 2.76. The van der Waals surface area contributed by atoms with Crippen LogP contribution in [0.5, 0.6) is 5.75 Å². The van der Waals surface area contributed by atoms with Crippen LogP contribution in [0.15, 0.2) is 79.0 Å². The summed E-state index contributed by atoms with van der Waals surface area (Å²) in [5.41, 5.74) is 2.16. The zero-order valence-electron chi connectivity index (χ0n) is 16.6. The van der Waals surface area contributed by atoms with E-state index in [4.69, 9.17) is 4.74 Å². The number of nitrogens with zero attached hydrogens (tertiary/aromatic N) is 2. The van der Waals surface area contributed by atoms with Gasteiger partial charge in [-0.3, -0.25) is 14.1 Å². The van der Waals surface area contributed by atoms with Crippen molar-refractivity contribution < 1.29 is 17.9 Å². The molecule has 1 amide bonds. The largest absolute Gasteiger partial charge is 0.484 e. The summed E-state index contributed by atoms with van der Waals surface area (Å²) in [6.45, 7) is 0.409. The second-order valence-corrected chi connectivity index (χ2v) is 8.54. The predicted molar refractivity (Wildman–Crippen MR) is 115 cm³/mol. The smallest absolute Gasteiger partial charge is 0.258 e. The van der Waals surface area contributed by atoms with Crippen molar-refractivity contribution in [2.45, 2.75) is 13.1 Å². The van der Waals surface area contributed by atoms with Gasteiger partial charge in [0.2, 0.25) is 10.0 Å². The number of aromatic nitrogens is 1. The Bertz CT molecular complexity index is 1060. The molecule has 0 aliphatic rings. The first-order chi connectivity index (χ1) is 14.4. The van der Waals surface area contributed by atoms with Crippen LogP contribution in [-0.4, -0.2) is 32.2 Å². The summed E-state index contributed by atoms with van der Waals surface area (Å²) in [6, 6.07) is 21.4. The third kappa shape index (κ3) is 6.31. The molecule has 0 atom stereocenters. The number of hydrogen-bond donors (Lipinski definition) is 1. The Morgan fingerprint density at radius 1 is 1.00 bits per heavy atom. The number of benzene rings is 2. The van der Waals surface area contributed by atoms with Crippen LogP contribution in [0, 0.1) is 0 Å². The minimum absolute atomic E-state index is 0.147. The van der Waals surface area contributed by atoms with E-state index in [9.17, 15) is 13.2 Å². The van der Waals surface area contributed by atoms with Crippen LogP contribution in [0.3, 0.4) is 0 Å². The molecule has 0 saturated heterocycles. The Balaban J connectivity index is 1.58. The number of anilines is 1. The zero-order valence-corrected chi connectivity index (χ0v) is 17.4. The molecule has 2 aromatic carbocycles. The first-order valence-corrected chi connectivity index (χ1v) is 11.2. The summed E-state index contributed by atoms with van der Waals surface area (Å²) in [7, 11) is -3.47. The van der Waals surface area contributed by atoms with Crippen molar-refractivity contribution in [2.75, 3.05) is 17.2 Å². The number of amides is 1. The van der Waals surface area contributed by atoms with Crippen molar-refractivity contribution in [3.63, 3.8) is 0 Å². The molecule has 8 heteroatoms. The van der Waals surface area contributed by atoms with E-state index < -0.39 is 10.0 Å². The van der Waals surface area contributed by atoms with Gasteiger partial charge < -0.3 is 10.1 Å². The minimum atomic E-state index is -3.47. The molecule has 30 heavy (non-hydrogen) atoms. The quantitative estimate of drug-likeness (QED) is 0.570. The van der Waals surface area contributed by atoms with Gasteiger partial charge in [-0.05, 0) is 42.0 Å². The van der Waals surface area contributed by atoms with Gasteiger partial charge in [0.15, 0.2) is 6.61 Å². The van der Waals surface area contributed by atoms with Crippen LogP contribution in [0.2, 0.25) is 0 Å². The fraction of sp³-hybridized carbons (Fsp3) is 0.182. The molecule has 7 nitrogen and oxygen atoms in total. The lowest BCUT2D eigenvalue weighted by molar-refractivity contribution is -0.123. The van der Waals surface area contributed by atoms with Gasteiger partial charge in [0, 0.05) is 6.20 Å². The number of nitrogens with one attached hydrogen (secondary N) is 1. The number of ether oxygens (including phenoxy) is 1. The molecular weight excluding hydrogens is 402 g/mol. The highest BCUT2D eigenvalue weighted by molar-refractivity contribution is 7.92. The normalized spacial score (nSPS) is 11.0. The monoisotopic (exact) mass is 425 g/mol. The van der Waals surface area contributed by atoms with Crippen LogP contribution in [0.25, 0.3) is 0 Å². The van der Waals surface area contributed by atoms with Crippen molar-refractivity contribution in [2.24, 2.45) is 0 Å². The number of pyridine rings is 1. The molecule has 0 spiro atoms. The van der Waals surface area contributed by atoms with Gasteiger partial charge >= 0.3 is 0 Å². The molecule has 3 aromatic rings. The van der Waals surface area contributed by atoms with Gasteiger partial charge in [0.05, 0.1) is 30.7 Å². The van der Waals surface area contributed by atoms with Gasteiger partial charge in [-0.1, -0.05) is 36.4 Å². The molecular formula is C22H23N3O4S. The molecule has 0 fully saturated rings. The van der Waals surface area contributed by atoms with E-state index in [0.29, 0.717) is 18.0 Å². The van der Waals surface area contributed by atoms with Crippen LogP contribution in [-0.2, 0) is 27.9 Å². The maximum atomic E-state index is 12.3. The summed E-state index contributed by atoms with van der Waals surface area (Å²) < 4.78 is 31.3. The number of rotatable bonds is 9. The van der Waals surface area contributed by atoms with E-state index in [2.05, 4.69) is 10.3 Å². The Morgan fingerprint density at radius 2 is 1.70 bits per heavy atom. The van der Waals surface area contributed by atoms with Crippen molar-refractivity contribution in [3.8, 4) is 5.75 Å². The van der Waals surface area contributed by atoms with Crippen molar-refractivity contribution >= 4 is 21.6 Å². The molecule has 3 rings (SSSR count). The van der Waals surface area contributed by atoms with Gasteiger partial charge in [0.25, 0.3) is 5.91 Å². The van der Waals surface area contributed by atoms with E-state index in [1.165, 1.54) is 10.6 Å². The van der Waals surface area contributed by atoms with Gasteiger partial charge in [0.1, 0.15) is 5.75 Å². The Labute approximate surface area is 176 Å². The number of hydrogen-bond acceptors (Lipinski definition) is 5. The summed E-state index contributed by atoms with van der Waals surface area (Å²) in [5.74, 6) is 0.200. The van der Waals surface area contributed by atoms with E-state index in [1.807, 2.05) is 48.5 Å². The highest BCUT2D eigenvalue weighted by Gasteiger charge is 2.18. The molecule has 156 valence electrons. The first-order valence-electron chi connectivity index (χ1n) is 9.33. The second kappa shape index (κ2) is 9.89. The van der Waals surface area contributed by atoms with E-state index in [-0.39, 0.29) is 19.1 Å². The maximum absolute atomic E-state index is 12.3. The Morgan fingerprint density at radius 3 is 2.33 bits per heavy atom.